The molecule has 1 amide bonds. The predicted molar refractivity (Wildman–Crippen MR) is 109 cm³/mol. The van der Waals surface area contributed by atoms with Crippen molar-refractivity contribution >= 4 is 5.91 Å². The largest absolute Gasteiger partial charge is 0.494 e. The van der Waals surface area contributed by atoms with Crippen LogP contribution < -0.4 is 4.74 Å². The first-order valence-corrected chi connectivity index (χ1v) is 10.4. The van der Waals surface area contributed by atoms with Crippen molar-refractivity contribution in [1.82, 2.24) is 9.47 Å². The van der Waals surface area contributed by atoms with Gasteiger partial charge in [-0.25, -0.2) is 0 Å². The zero-order chi connectivity index (χ0) is 19.2. The average Bonchev–Trinajstić information content (AvgIpc) is 3.17. The van der Waals surface area contributed by atoms with E-state index < -0.39 is 0 Å². The molecule has 4 nitrogen and oxygen atoms in total. The lowest BCUT2D eigenvalue weighted by Gasteiger charge is -2.39. The minimum atomic E-state index is -0.0207. The molecule has 4 heteroatoms. The molecule has 0 N–H and O–H groups in total. The molecule has 0 spiro atoms. The van der Waals surface area contributed by atoms with Gasteiger partial charge in [0, 0.05) is 30.9 Å². The monoisotopic (exact) mass is 368 g/mol. The van der Waals surface area contributed by atoms with Gasteiger partial charge in [-0.3, -0.25) is 4.79 Å². The highest BCUT2D eigenvalue weighted by Gasteiger charge is 2.34. The van der Waals surface area contributed by atoms with Gasteiger partial charge in [-0.15, -0.1) is 0 Å². The van der Waals surface area contributed by atoms with Crippen molar-refractivity contribution in [1.29, 1.82) is 0 Å². The first-order chi connectivity index (χ1) is 13.2. The minimum Gasteiger partial charge on any atom is -0.494 e. The first-order valence-electron chi connectivity index (χ1n) is 10.4. The number of unbranched alkanes of at least 4 members (excludes halogenated alkanes) is 1. The Bertz CT molecular complexity index is 735. The number of nitrogens with zero attached hydrogens (tertiary/aromatic N) is 2. The number of aromatic nitrogens is 1. The van der Waals surface area contributed by atoms with Gasteiger partial charge >= 0.3 is 0 Å². The molecule has 2 aromatic rings. The molecular formula is C23H32N2O2. The lowest BCUT2D eigenvalue weighted by Crippen LogP contribution is -2.45. The van der Waals surface area contributed by atoms with Crippen molar-refractivity contribution in [3.8, 4) is 5.75 Å². The zero-order valence-electron chi connectivity index (χ0n) is 16.9. The molecule has 0 fully saturated rings. The Labute approximate surface area is 163 Å². The minimum absolute atomic E-state index is 0.0207. The second-order valence-electron chi connectivity index (χ2n) is 7.31. The third kappa shape index (κ3) is 4.20. The summed E-state index contributed by atoms with van der Waals surface area (Å²) in [6.45, 7) is 8.60. The maximum atomic E-state index is 13.4. The van der Waals surface area contributed by atoms with E-state index in [9.17, 15) is 4.79 Å². The summed E-state index contributed by atoms with van der Waals surface area (Å²) in [6.07, 6.45) is 6.26. The van der Waals surface area contributed by atoms with E-state index in [0.717, 1.165) is 50.1 Å². The number of benzene rings is 1. The predicted octanol–water partition coefficient (Wildman–Crippen LogP) is 5.03. The number of hydrogen-bond acceptors (Lipinski definition) is 2. The van der Waals surface area contributed by atoms with E-state index in [1.165, 1.54) is 5.69 Å². The Morgan fingerprint density at radius 2 is 1.93 bits per heavy atom. The van der Waals surface area contributed by atoms with Crippen molar-refractivity contribution in [3.05, 3.63) is 53.9 Å². The van der Waals surface area contributed by atoms with Crippen LogP contribution in [0, 0.1) is 5.92 Å². The summed E-state index contributed by atoms with van der Waals surface area (Å²) in [4.78, 5) is 15.5. The first kappa shape index (κ1) is 19.5. The Balaban J connectivity index is 1.91. The summed E-state index contributed by atoms with van der Waals surface area (Å²) in [7, 11) is 0. The molecule has 0 saturated heterocycles. The maximum Gasteiger partial charge on any atom is 0.226 e. The summed E-state index contributed by atoms with van der Waals surface area (Å²) >= 11 is 0. The van der Waals surface area contributed by atoms with Crippen LogP contribution in [-0.2, 0) is 11.3 Å². The molecule has 146 valence electrons. The molecule has 2 unspecified atom stereocenters. The second-order valence-corrected chi connectivity index (χ2v) is 7.31. The van der Waals surface area contributed by atoms with Crippen LogP contribution in [0.15, 0.2) is 42.6 Å². The molecule has 1 aromatic heterocycles. The fraction of sp³-hybridized carbons (Fsp3) is 0.522. The summed E-state index contributed by atoms with van der Waals surface area (Å²) in [5, 5.41) is 0. The highest BCUT2D eigenvalue weighted by atomic mass is 16.5. The average molecular weight is 369 g/mol. The lowest BCUT2D eigenvalue weighted by molar-refractivity contribution is -0.138. The van der Waals surface area contributed by atoms with Gasteiger partial charge in [0.1, 0.15) is 5.75 Å². The number of amides is 1. The van der Waals surface area contributed by atoms with E-state index in [2.05, 4.69) is 53.8 Å². The number of rotatable bonds is 8. The molecular weight excluding hydrogens is 336 g/mol. The van der Waals surface area contributed by atoms with Crippen LogP contribution in [-0.4, -0.2) is 28.5 Å². The van der Waals surface area contributed by atoms with Crippen LogP contribution >= 0.6 is 0 Å². The Morgan fingerprint density at radius 3 is 2.59 bits per heavy atom. The van der Waals surface area contributed by atoms with Gasteiger partial charge < -0.3 is 14.2 Å². The van der Waals surface area contributed by atoms with Gasteiger partial charge in [0.25, 0.3) is 0 Å². The van der Waals surface area contributed by atoms with E-state index in [4.69, 9.17) is 4.74 Å². The second kappa shape index (κ2) is 9.12. The number of fused-ring (bicyclic) bond motifs is 1. The summed E-state index contributed by atoms with van der Waals surface area (Å²) < 4.78 is 7.87. The zero-order valence-corrected chi connectivity index (χ0v) is 16.9. The number of carbonyl (C=O) groups is 1. The Kier molecular flexibility index (Phi) is 6.59. The molecule has 1 aromatic carbocycles. The highest BCUT2D eigenvalue weighted by Crippen LogP contribution is 2.35. The molecule has 0 aliphatic carbocycles. The smallest absolute Gasteiger partial charge is 0.226 e. The van der Waals surface area contributed by atoms with E-state index in [-0.39, 0.29) is 12.0 Å². The Morgan fingerprint density at radius 1 is 1.15 bits per heavy atom. The summed E-state index contributed by atoms with van der Waals surface area (Å²) in [5.74, 6) is 1.30. The van der Waals surface area contributed by atoms with Gasteiger partial charge in [0.2, 0.25) is 5.91 Å². The third-order valence-corrected chi connectivity index (χ3v) is 5.58. The topological polar surface area (TPSA) is 34.5 Å². The lowest BCUT2D eigenvalue weighted by atomic mass is 9.93. The molecule has 2 atom stereocenters. The van der Waals surface area contributed by atoms with Gasteiger partial charge in [0.05, 0.1) is 12.6 Å². The van der Waals surface area contributed by atoms with Gasteiger partial charge in [-0.05, 0) is 49.6 Å². The number of carbonyl (C=O) groups excluding carboxylic acids is 1. The van der Waals surface area contributed by atoms with Gasteiger partial charge in [-0.1, -0.05) is 38.8 Å². The highest BCUT2D eigenvalue weighted by molar-refractivity contribution is 5.80. The molecule has 27 heavy (non-hydrogen) atoms. The van der Waals surface area contributed by atoms with Crippen LogP contribution in [0.4, 0.5) is 0 Å². The fourth-order valence-corrected chi connectivity index (χ4v) is 4.07. The van der Waals surface area contributed by atoms with Crippen LogP contribution in [0.2, 0.25) is 0 Å². The molecule has 3 rings (SSSR count). The van der Waals surface area contributed by atoms with Gasteiger partial charge in [0.15, 0.2) is 0 Å². The quantitative estimate of drug-likeness (QED) is 0.654. The van der Waals surface area contributed by atoms with Crippen LogP contribution in [0.3, 0.4) is 0 Å². The van der Waals surface area contributed by atoms with E-state index in [1.54, 1.807) is 0 Å². The van der Waals surface area contributed by atoms with Crippen LogP contribution in [0.5, 0.6) is 5.75 Å². The fourth-order valence-electron chi connectivity index (χ4n) is 4.07. The molecule has 2 heterocycles. The Hall–Kier alpha value is -2.23. The number of hydrogen-bond donors (Lipinski definition) is 0. The SMILES string of the molecule is CCCCC(CC)C(=O)N1CCn2cccc2C1c1ccc(OCC)cc1. The standard InChI is InChI=1S/C23H32N2O2/c1-4-7-9-18(5-2)23(26)25-17-16-24-15-8-10-21(24)22(25)19-11-13-20(14-12-19)27-6-3/h8,10-15,18,22H,4-7,9,16-17H2,1-3H3. The maximum absolute atomic E-state index is 13.4. The molecule has 0 radical (unpaired) electrons. The van der Waals surface area contributed by atoms with Crippen molar-refractivity contribution < 1.29 is 9.53 Å². The van der Waals surface area contributed by atoms with E-state index >= 15 is 0 Å². The normalized spacial score (nSPS) is 17.4. The molecule has 1 aliphatic rings. The van der Waals surface area contributed by atoms with Gasteiger partial charge in [-0.2, -0.15) is 0 Å². The third-order valence-electron chi connectivity index (χ3n) is 5.58. The number of ether oxygens (including phenoxy) is 1. The van der Waals surface area contributed by atoms with E-state index in [0.29, 0.717) is 12.5 Å². The molecule has 1 aliphatic heterocycles. The molecule has 0 saturated carbocycles. The summed E-state index contributed by atoms with van der Waals surface area (Å²) in [6, 6.07) is 12.4. The van der Waals surface area contributed by atoms with Crippen molar-refractivity contribution in [2.45, 2.75) is 59.0 Å². The van der Waals surface area contributed by atoms with Crippen molar-refractivity contribution in [2.24, 2.45) is 5.92 Å². The molecule has 0 bridgehead atoms. The van der Waals surface area contributed by atoms with Crippen molar-refractivity contribution in [3.63, 3.8) is 0 Å². The van der Waals surface area contributed by atoms with Crippen LogP contribution in [0.25, 0.3) is 0 Å². The van der Waals surface area contributed by atoms with Crippen LogP contribution in [0.1, 0.15) is 63.8 Å². The summed E-state index contributed by atoms with van der Waals surface area (Å²) in [5.41, 5.74) is 2.35. The van der Waals surface area contributed by atoms with E-state index in [1.807, 2.05) is 19.1 Å². The van der Waals surface area contributed by atoms with Crippen molar-refractivity contribution in [2.75, 3.05) is 13.2 Å².